The summed E-state index contributed by atoms with van der Waals surface area (Å²) < 4.78 is 11.7. The first-order chi connectivity index (χ1) is 17.0. The zero-order chi connectivity index (χ0) is 24.4. The zero-order valence-corrected chi connectivity index (χ0v) is 21.8. The third kappa shape index (κ3) is 5.62. The van der Waals surface area contributed by atoms with E-state index in [2.05, 4.69) is 36.9 Å². The van der Waals surface area contributed by atoms with Crippen LogP contribution in [0.25, 0.3) is 0 Å². The summed E-state index contributed by atoms with van der Waals surface area (Å²) in [5.74, 6) is 1.99. The van der Waals surface area contributed by atoms with Gasteiger partial charge in [0.25, 0.3) is 0 Å². The largest absolute Gasteiger partial charge is 0.489 e. The van der Waals surface area contributed by atoms with Gasteiger partial charge in [0.05, 0.1) is 24.2 Å². The van der Waals surface area contributed by atoms with Gasteiger partial charge in [-0.05, 0) is 72.5 Å². The summed E-state index contributed by atoms with van der Waals surface area (Å²) >= 11 is 6.54. The van der Waals surface area contributed by atoms with Crippen molar-refractivity contribution in [3.05, 3.63) is 57.6 Å². The zero-order valence-electron chi connectivity index (χ0n) is 21.0. The Morgan fingerprint density at radius 2 is 2.03 bits per heavy atom. The molecular formula is C29H37ClN2O3. The topological polar surface area (TPSA) is 42.0 Å². The SMILES string of the molecule is CC(C)CN(Cc1cc(Cl)c2c(c1)OCCCO2)C(=O)[C@@H]1CCN(Cc2cccc3c2CCC3)C1. The van der Waals surface area contributed by atoms with Gasteiger partial charge in [-0.3, -0.25) is 9.69 Å². The summed E-state index contributed by atoms with van der Waals surface area (Å²) in [6.07, 6.45) is 5.42. The quantitative estimate of drug-likeness (QED) is 0.508. The minimum atomic E-state index is 0.0430. The monoisotopic (exact) mass is 496 g/mol. The highest BCUT2D eigenvalue weighted by Gasteiger charge is 2.32. The number of rotatable bonds is 7. The van der Waals surface area contributed by atoms with E-state index in [-0.39, 0.29) is 11.8 Å². The number of ether oxygens (including phenoxy) is 2. The smallest absolute Gasteiger partial charge is 0.227 e. The van der Waals surface area contributed by atoms with Gasteiger partial charge in [0.15, 0.2) is 11.5 Å². The molecular weight excluding hydrogens is 460 g/mol. The van der Waals surface area contributed by atoms with Crippen molar-refractivity contribution in [2.45, 2.75) is 59.0 Å². The van der Waals surface area contributed by atoms with Crippen molar-refractivity contribution in [2.24, 2.45) is 11.8 Å². The van der Waals surface area contributed by atoms with E-state index in [1.54, 1.807) is 5.56 Å². The Kier molecular flexibility index (Phi) is 7.54. The molecule has 1 atom stereocenters. The maximum absolute atomic E-state index is 13.7. The second-order valence-corrected chi connectivity index (χ2v) is 11.1. The first-order valence-corrected chi connectivity index (χ1v) is 13.5. The van der Waals surface area contributed by atoms with Gasteiger partial charge >= 0.3 is 0 Å². The maximum Gasteiger partial charge on any atom is 0.227 e. The van der Waals surface area contributed by atoms with Gasteiger partial charge in [-0.25, -0.2) is 0 Å². The Bertz CT molecular complexity index is 1070. The molecule has 2 heterocycles. The molecule has 0 bridgehead atoms. The predicted molar refractivity (Wildman–Crippen MR) is 139 cm³/mol. The molecule has 0 N–H and O–H groups in total. The summed E-state index contributed by atoms with van der Waals surface area (Å²) in [7, 11) is 0. The molecule has 6 heteroatoms. The predicted octanol–water partition coefficient (Wildman–Crippen LogP) is 5.50. The second-order valence-electron chi connectivity index (χ2n) is 10.7. The molecule has 5 nitrogen and oxygen atoms in total. The number of amides is 1. The van der Waals surface area contributed by atoms with Crippen LogP contribution in [0.4, 0.5) is 0 Å². The Hall–Kier alpha value is -2.24. The van der Waals surface area contributed by atoms with Gasteiger partial charge in [0, 0.05) is 32.6 Å². The van der Waals surface area contributed by atoms with Crippen molar-refractivity contribution in [3.8, 4) is 11.5 Å². The molecule has 3 aliphatic rings. The Balaban J connectivity index is 1.27. The molecule has 5 rings (SSSR count). The number of hydrogen-bond acceptors (Lipinski definition) is 4. The summed E-state index contributed by atoms with van der Waals surface area (Å²) in [5.41, 5.74) is 5.51. The number of carbonyl (C=O) groups excluding carboxylic acids is 1. The number of aryl methyl sites for hydroxylation is 1. The highest BCUT2D eigenvalue weighted by molar-refractivity contribution is 6.32. The standard InChI is InChI=1S/C29H37ClN2O3/c1-20(2)16-32(17-21-14-26(30)28-27(15-21)34-12-5-13-35-28)29(33)24-10-11-31(19-24)18-23-8-3-6-22-7-4-9-25(22)23/h3,6,8,14-15,20,24H,4-5,7,9-13,16-19H2,1-2H3/t24-/m1/s1. The van der Waals surface area contributed by atoms with Crippen LogP contribution in [0.15, 0.2) is 30.3 Å². The third-order valence-corrected chi connectivity index (χ3v) is 7.67. The van der Waals surface area contributed by atoms with E-state index in [0.717, 1.165) is 44.6 Å². The number of carbonyl (C=O) groups is 1. The normalized spacial score (nSPS) is 19.6. The van der Waals surface area contributed by atoms with Crippen LogP contribution >= 0.6 is 11.6 Å². The van der Waals surface area contributed by atoms with Crippen molar-refractivity contribution >= 4 is 17.5 Å². The Morgan fingerprint density at radius 1 is 1.17 bits per heavy atom. The second kappa shape index (κ2) is 10.8. The molecule has 0 aromatic heterocycles. The van der Waals surface area contributed by atoms with Crippen molar-refractivity contribution in [1.29, 1.82) is 0 Å². The lowest BCUT2D eigenvalue weighted by Gasteiger charge is -2.28. The number of halogens is 1. The molecule has 35 heavy (non-hydrogen) atoms. The number of nitrogens with zero attached hydrogens (tertiary/aromatic N) is 2. The van der Waals surface area contributed by atoms with Crippen LogP contribution in [-0.4, -0.2) is 48.6 Å². The summed E-state index contributed by atoms with van der Waals surface area (Å²) in [4.78, 5) is 18.2. The molecule has 2 aromatic rings. The van der Waals surface area contributed by atoms with Crippen molar-refractivity contribution in [1.82, 2.24) is 9.80 Å². The van der Waals surface area contributed by atoms with Gasteiger partial charge in [-0.15, -0.1) is 0 Å². The Morgan fingerprint density at radius 3 is 2.89 bits per heavy atom. The minimum absolute atomic E-state index is 0.0430. The minimum Gasteiger partial charge on any atom is -0.489 e. The lowest BCUT2D eigenvalue weighted by atomic mass is 10.0. The third-order valence-electron chi connectivity index (χ3n) is 7.39. The fourth-order valence-electron chi connectivity index (χ4n) is 5.79. The summed E-state index contributed by atoms with van der Waals surface area (Å²) in [6.45, 7) is 9.58. The van der Waals surface area contributed by atoms with Gasteiger partial charge in [-0.1, -0.05) is 43.6 Å². The average molecular weight is 497 g/mol. The van der Waals surface area contributed by atoms with Crippen molar-refractivity contribution < 1.29 is 14.3 Å². The van der Waals surface area contributed by atoms with E-state index < -0.39 is 0 Å². The molecule has 0 radical (unpaired) electrons. The van der Waals surface area contributed by atoms with Crippen LogP contribution in [0.1, 0.15) is 55.4 Å². The molecule has 2 aromatic carbocycles. The van der Waals surface area contributed by atoms with Crippen molar-refractivity contribution in [3.63, 3.8) is 0 Å². The van der Waals surface area contributed by atoms with Gasteiger partial charge < -0.3 is 14.4 Å². The van der Waals surface area contributed by atoms with E-state index in [9.17, 15) is 4.79 Å². The van der Waals surface area contributed by atoms with Crippen LogP contribution in [0, 0.1) is 11.8 Å². The molecule has 1 fully saturated rings. The fraction of sp³-hybridized carbons (Fsp3) is 0.552. The van der Waals surface area contributed by atoms with Crippen LogP contribution in [0.3, 0.4) is 0 Å². The molecule has 188 valence electrons. The molecule has 1 amide bonds. The van der Waals surface area contributed by atoms with Crippen LogP contribution < -0.4 is 9.47 Å². The van der Waals surface area contributed by atoms with Crippen molar-refractivity contribution in [2.75, 3.05) is 32.8 Å². The van der Waals surface area contributed by atoms with Crippen LogP contribution in [0.5, 0.6) is 11.5 Å². The molecule has 1 aliphatic carbocycles. The Labute approximate surface area is 214 Å². The molecule has 1 saturated heterocycles. The molecule has 0 unspecified atom stereocenters. The molecule has 0 spiro atoms. The lowest BCUT2D eigenvalue weighted by molar-refractivity contribution is -0.136. The molecule has 0 saturated carbocycles. The number of benzene rings is 2. The van der Waals surface area contributed by atoms with Crippen LogP contribution in [-0.2, 0) is 30.7 Å². The van der Waals surface area contributed by atoms with Crippen LogP contribution in [0.2, 0.25) is 5.02 Å². The first-order valence-electron chi connectivity index (χ1n) is 13.2. The summed E-state index contributed by atoms with van der Waals surface area (Å²) in [6, 6.07) is 10.7. The highest BCUT2D eigenvalue weighted by Crippen LogP contribution is 2.38. The first kappa shape index (κ1) is 24.5. The van der Waals surface area contributed by atoms with Gasteiger partial charge in [0.1, 0.15) is 0 Å². The lowest BCUT2D eigenvalue weighted by Crippen LogP contribution is -2.39. The summed E-state index contributed by atoms with van der Waals surface area (Å²) in [5, 5.41) is 0.554. The van der Waals surface area contributed by atoms with E-state index in [1.807, 2.05) is 17.0 Å². The van der Waals surface area contributed by atoms with E-state index in [0.29, 0.717) is 42.2 Å². The van der Waals surface area contributed by atoms with Gasteiger partial charge in [-0.2, -0.15) is 0 Å². The van der Waals surface area contributed by atoms with Gasteiger partial charge in [0.2, 0.25) is 5.91 Å². The number of hydrogen-bond donors (Lipinski definition) is 0. The average Bonchev–Trinajstić information content (AvgIpc) is 3.43. The van der Waals surface area contributed by atoms with E-state index in [4.69, 9.17) is 21.1 Å². The molecule has 2 aliphatic heterocycles. The number of fused-ring (bicyclic) bond motifs is 2. The highest BCUT2D eigenvalue weighted by atomic mass is 35.5. The van der Waals surface area contributed by atoms with E-state index >= 15 is 0 Å². The number of likely N-dealkylation sites (tertiary alicyclic amines) is 1. The van der Waals surface area contributed by atoms with E-state index in [1.165, 1.54) is 30.4 Å². The maximum atomic E-state index is 13.7. The fourth-order valence-corrected chi connectivity index (χ4v) is 6.08.